The van der Waals surface area contributed by atoms with E-state index < -0.39 is 0 Å². The monoisotopic (exact) mass is 445 g/mol. The van der Waals surface area contributed by atoms with Gasteiger partial charge in [0.2, 0.25) is 0 Å². The number of halogens is 1. The van der Waals surface area contributed by atoms with E-state index in [9.17, 15) is 4.79 Å². The molecular weight excluding hydrogens is 422 g/mol. The maximum Gasteiger partial charge on any atom is 0.272 e. The van der Waals surface area contributed by atoms with Crippen LogP contribution in [0.5, 0.6) is 5.75 Å². The van der Waals surface area contributed by atoms with Crippen LogP contribution in [0.3, 0.4) is 0 Å². The van der Waals surface area contributed by atoms with Gasteiger partial charge >= 0.3 is 0 Å². The molecule has 148 valence electrons. The summed E-state index contributed by atoms with van der Waals surface area (Å²) < 4.78 is 9.91. The Hall–Kier alpha value is -2.61. The maximum atomic E-state index is 12.3. The lowest BCUT2D eigenvalue weighted by Gasteiger charge is -2.19. The highest BCUT2D eigenvalue weighted by atomic mass is 79.9. The Kier molecular flexibility index (Phi) is 5.88. The van der Waals surface area contributed by atoms with Crippen molar-refractivity contribution >= 4 is 21.8 Å². The van der Waals surface area contributed by atoms with E-state index in [4.69, 9.17) is 4.74 Å². The number of rotatable bonds is 6. The number of hydrogen-bond acceptors (Lipinski definition) is 4. The first-order chi connectivity index (χ1) is 13.2. The Morgan fingerprint density at radius 2 is 1.93 bits per heavy atom. The minimum atomic E-state index is -0.249. The van der Waals surface area contributed by atoms with Gasteiger partial charge in [-0.05, 0) is 45.1 Å². The summed E-state index contributed by atoms with van der Waals surface area (Å²) in [5.41, 5.74) is 2.58. The fraction of sp³-hybridized carbons (Fsp3) is 0.350. The van der Waals surface area contributed by atoms with Crippen LogP contribution in [0.15, 0.2) is 47.2 Å². The van der Waals surface area contributed by atoms with Gasteiger partial charge < -0.3 is 10.1 Å². The average Bonchev–Trinajstić information content (AvgIpc) is 3.25. The molecule has 3 rings (SSSR count). The van der Waals surface area contributed by atoms with Crippen LogP contribution in [0.2, 0.25) is 0 Å². The molecule has 0 saturated carbocycles. The third-order valence-electron chi connectivity index (χ3n) is 4.38. The lowest BCUT2D eigenvalue weighted by molar-refractivity contribution is 0.0943. The SMILES string of the molecule is Cn1ncc(Br)c1CNC(=O)c1ccn(COc2ccc(C(C)(C)C)cc2)n1. The van der Waals surface area contributed by atoms with E-state index in [1.54, 1.807) is 27.8 Å². The van der Waals surface area contributed by atoms with E-state index in [2.05, 4.69) is 64.3 Å². The summed E-state index contributed by atoms with van der Waals surface area (Å²) in [4.78, 5) is 12.3. The van der Waals surface area contributed by atoms with Crippen molar-refractivity contribution in [1.29, 1.82) is 0 Å². The normalized spacial score (nSPS) is 11.5. The van der Waals surface area contributed by atoms with E-state index in [0.717, 1.165) is 15.9 Å². The molecule has 7 nitrogen and oxygen atoms in total. The Morgan fingerprint density at radius 3 is 2.54 bits per heavy atom. The fourth-order valence-corrected chi connectivity index (χ4v) is 3.12. The Balaban J connectivity index is 1.54. The molecule has 0 aliphatic rings. The highest BCUT2D eigenvalue weighted by Crippen LogP contribution is 2.24. The Labute approximate surface area is 172 Å². The number of ether oxygens (including phenoxy) is 1. The van der Waals surface area contributed by atoms with Crippen molar-refractivity contribution in [3.63, 3.8) is 0 Å². The second-order valence-electron chi connectivity index (χ2n) is 7.53. The maximum absolute atomic E-state index is 12.3. The van der Waals surface area contributed by atoms with E-state index >= 15 is 0 Å². The molecule has 8 heteroatoms. The third kappa shape index (κ3) is 4.81. The number of benzene rings is 1. The van der Waals surface area contributed by atoms with Gasteiger partial charge in [0.15, 0.2) is 6.73 Å². The first kappa shape index (κ1) is 20.1. The molecule has 0 atom stereocenters. The highest BCUT2D eigenvalue weighted by molar-refractivity contribution is 9.10. The van der Waals surface area contributed by atoms with Gasteiger partial charge in [0, 0.05) is 13.2 Å². The van der Waals surface area contributed by atoms with Crippen molar-refractivity contribution in [1.82, 2.24) is 24.9 Å². The van der Waals surface area contributed by atoms with Crippen molar-refractivity contribution in [2.45, 2.75) is 39.5 Å². The van der Waals surface area contributed by atoms with Crippen molar-refractivity contribution in [2.24, 2.45) is 7.05 Å². The van der Waals surface area contributed by atoms with Crippen molar-refractivity contribution in [2.75, 3.05) is 0 Å². The number of aromatic nitrogens is 4. The van der Waals surface area contributed by atoms with Crippen molar-refractivity contribution < 1.29 is 9.53 Å². The summed E-state index contributed by atoms with van der Waals surface area (Å²) in [6.45, 7) is 7.11. The average molecular weight is 446 g/mol. The van der Waals surface area contributed by atoms with E-state index in [0.29, 0.717) is 12.2 Å². The predicted octanol–water partition coefficient (Wildman–Crippen LogP) is 3.64. The third-order valence-corrected chi connectivity index (χ3v) is 5.05. The number of aryl methyl sites for hydroxylation is 1. The van der Waals surface area contributed by atoms with Crippen molar-refractivity contribution in [3.05, 3.63) is 64.1 Å². The van der Waals surface area contributed by atoms with Gasteiger partial charge in [-0.25, -0.2) is 4.68 Å². The standard InChI is InChI=1S/C20H24BrN5O2/c1-20(2,3)14-5-7-15(8-6-14)28-13-26-10-9-17(24-26)19(27)22-12-18-16(21)11-23-25(18)4/h5-11H,12-13H2,1-4H3,(H,22,27). The van der Waals surface area contributed by atoms with Crippen LogP contribution in [-0.4, -0.2) is 25.5 Å². The van der Waals surface area contributed by atoms with Crippen LogP contribution in [-0.2, 0) is 25.7 Å². The predicted molar refractivity (Wildman–Crippen MR) is 110 cm³/mol. The molecule has 28 heavy (non-hydrogen) atoms. The van der Waals surface area contributed by atoms with E-state index in [-0.39, 0.29) is 18.1 Å². The van der Waals surface area contributed by atoms with Gasteiger partial charge in [-0.1, -0.05) is 32.9 Å². The van der Waals surface area contributed by atoms with E-state index in [1.807, 2.05) is 19.2 Å². The van der Waals surface area contributed by atoms with Crippen LogP contribution in [0.4, 0.5) is 0 Å². The van der Waals surface area contributed by atoms with Gasteiger partial charge in [0.25, 0.3) is 5.91 Å². The molecule has 1 amide bonds. The van der Waals surface area contributed by atoms with E-state index in [1.165, 1.54) is 5.56 Å². The summed E-state index contributed by atoms with van der Waals surface area (Å²) in [6, 6.07) is 9.69. The fourth-order valence-electron chi connectivity index (χ4n) is 2.64. The molecule has 1 aromatic carbocycles. The molecule has 1 N–H and O–H groups in total. The smallest absolute Gasteiger partial charge is 0.272 e. The molecule has 0 fully saturated rings. The molecule has 3 aromatic rings. The van der Waals surface area contributed by atoms with Crippen molar-refractivity contribution in [3.8, 4) is 5.75 Å². The number of hydrogen-bond donors (Lipinski definition) is 1. The molecular formula is C20H24BrN5O2. The van der Waals surface area contributed by atoms with Crippen LogP contribution in [0, 0.1) is 0 Å². The molecule has 0 aliphatic heterocycles. The number of carbonyl (C=O) groups excluding carboxylic acids is 1. The first-order valence-corrected chi connectivity index (χ1v) is 9.75. The second kappa shape index (κ2) is 8.18. The summed E-state index contributed by atoms with van der Waals surface area (Å²) in [6.07, 6.45) is 3.42. The first-order valence-electron chi connectivity index (χ1n) is 8.95. The largest absolute Gasteiger partial charge is 0.471 e. The lowest BCUT2D eigenvalue weighted by Crippen LogP contribution is -2.25. The number of carbonyl (C=O) groups is 1. The summed E-state index contributed by atoms with van der Waals surface area (Å²) >= 11 is 3.41. The van der Waals surface area contributed by atoms with Crippen LogP contribution >= 0.6 is 15.9 Å². The number of nitrogens with one attached hydrogen (secondary N) is 1. The number of amides is 1. The summed E-state index contributed by atoms with van der Waals surface area (Å²) in [5, 5.41) is 11.2. The molecule has 0 saturated heterocycles. The zero-order valence-electron chi connectivity index (χ0n) is 16.4. The summed E-state index contributed by atoms with van der Waals surface area (Å²) in [5.74, 6) is 0.511. The molecule has 0 unspecified atom stereocenters. The zero-order valence-corrected chi connectivity index (χ0v) is 18.0. The van der Waals surface area contributed by atoms with Gasteiger partial charge in [0.1, 0.15) is 11.4 Å². The Bertz CT molecular complexity index is 934. The molecule has 0 spiro atoms. The zero-order chi connectivity index (χ0) is 20.3. The van der Waals surface area contributed by atoms with Crippen LogP contribution < -0.4 is 10.1 Å². The van der Waals surface area contributed by atoms with Crippen LogP contribution in [0.1, 0.15) is 42.5 Å². The minimum absolute atomic E-state index is 0.105. The molecule has 2 heterocycles. The molecule has 0 bridgehead atoms. The summed E-state index contributed by atoms with van der Waals surface area (Å²) in [7, 11) is 1.83. The lowest BCUT2D eigenvalue weighted by atomic mass is 9.87. The molecule has 0 radical (unpaired) electrons. The Morgan fingerprint density at radius 1 is 1.21 bits per heavy atom. The van der Waals surface area contributed by atoms with Gasteiger partial charge in [0.05, 0.1) is 22.9 Å². The number of nitrogens with zero attached hydrogens (tertiary/aromatic N) is 4. The van der Waals surface area contributed by atoms with Gasteiger partial charge in [-0.15, -0.1) is 0 Å². The quantitative estimate of drug-likeness (QED) is 0.628. The van der Waals surface area contributed by atoms with Gasteiger partial charge in [-0.3, -0.25) is 9.48 Å². The van der Waals surface area contributed by atoms with Crippen LogP contribution in [0.25, 0.3) is 0 Å². The molecule has 2 aromatic heterocycles. The molecule has 0 aliphatic carbocycles. The second-order valence-corrected chi connectivity index (χ2v) is 8.39. The highest BCUT2D eigenvalue weighted by Gasteiger charge is 2.14. The topological polar surface area (TPSA) is 74.0 Å². The minimum Gasteiger partial charge on any atom is -0.471 e. The van der Waals surface area contributed by atoms with Gasteiger partial charge in [-0.2, -0.15) is 10.2 Å².